The predicted molar refractivity (Wildman–Crippen MR) is 51.5 cm³/mol. The molecule has 0 saturated carbocycles. The van der Waals surface area contributed by atoms with Crippen LogP contribution in [0.25, 0.3) is 0 Å². The Bertz CT molecular complexity index is 273. The molecule has 1 atom stereocenters. The molecule has 1 saturated heterocycles. The second kappa shape index (κ2) is 4.50. The van der Waals surface area contributed by atoms with Crippen LogP contribution in [0.1, 0.15) is 18.7 Å². The van der Waals surface area contributed by atoms with Gasteiger partial charge in [-0.1, -0.05) is 6.07 Å². The standard InChI is InChI=1S/C10H14N2O2/c1-8(9-4-2-3-5-11-9)12-10-13-6-7-14-10/h2-5,8,10,12H,6-7H2,1H3. The molecule has 4 nitrogen and oxygen atoms in total. The maximum Gasteiger partial charge on any atom is 0.216 e. The van der Waals surface area contributed by atoms with E-state index < -0.39 is 0 Å². The van der Waals surface area contributed by atoms with Crippen molar-refractivity contribution < 1.29 is 9.47 Å². The first-order valence-electron chi connectivity index (χ1n) is 4.76. The Morgan fingerprint density at radius 3 is 2.86 bits per heavy atom. The van der Waals surface area contributed by atoms with Crippen LogP contribution in [-0.4, -0.2) is 24.6 Å². The summed E-state index contributed by atoms with van der Waals surface area (Å²) in [5.41, 5.74) is 0.992. The van der Waals surface area contributed by atoms with Crippen LogP contribution < -0.4 is 5.32 Å². The lowest BCUT2D eigenvalue weighted by atomic mass is 10.2. The zero-order valence-electron chi connectivity index (χ0n) is 8.14. The van der Waals surface area contributed by atoms with Gasteiger partial charge in [-0.15, -0.1) is 0 Å². The average Bonchev–Trinajstić information content (AvgIpc) is 2.72. The predicted octanol–water partition coefficient (Wildman–Crippen LogP) is 1.06. The summed E-state index contributed by atoms with van der Waals surface area (Å²) in [5.74, 6) is 0. The molecule has 4 heteroatoms. The minimum atomic E-state index is -0.285. The molecule has 0 spiro atoms. The summed E-state index contributed by atoms with van der Waals surface area (Å²) >= 11 is 0. The molecule has 0 bridgehead atoms. The van der Waals surface area contributed by atoms with E-state index in [-0.39, 0.29) is 12.5 Å². The summed E-state index contributed by atoms with van der Waals surface area (Å²) in [7, 11) is 0. The second-order valence-electron chi connectivity index (χ2n) is 3.22. The first-order chi connectivity index (χ1) is 6.86. The van der Waals surface area contributed by atoms with E-state index in [1.807, 2.05) is 25.1 Å². The summed E-state index contributed by atoms with van der Waals surface area (Å²) in [6, 6.07) is 5.99. The Balaban J connectivity index is 1.92. The number of ether oxygens (including phenoxy) is 2. The second-order valence-corrected chi connectivity index (χ2v) is 3.22. The van der Waals surface area contributed by atoms with Crippen LogP contribution in [0.4, 0.5) is 0 Å². The molecule has 0 aromatic carbocycles. The van der Waals surface area contributed by atoms with Crippen LogP contribution >= 0.6 is 0 Å². The summed E-state index contributed by atoms with van der Waals surface area (Å²) in [4.78, 5) is 4.25. The molecule has 1 fully saturated rings. The Morgan fingerprint density at radius 2 is 2.21 bits per heavy atom. The van der Waals surface area contributed by atoms with Crippen molar-refractivity contribution >= 4 is 0 Å². The molecule has 1 aliphatic rings. The van der Waals surface area contributed by atoms with Gasteiger partial charge in [-0.05, 0) is 19.1 Å². The van der Waals surface area contributed by atoms with Gasteiger partial charge < -0.3 is 9.47 Å². The van der Waals surface area contributed by atoms with Crippen molar-refractivity contribution in [3.05, 3.63) is 30.1 Å². The molecule has 1 unspecified atom stereocenters. The fourth-order valence-electron chi connectivity index (χ4n) is 1.38. The van der Waals surface area contributed by atoms with Gasteiger partial charge in [-0.25, -0.2) is 0 Å². The van der Waals surface area contributed by atoms with E-state index in [9.17, 15) is 0 Å². The van der Waals surface area contributed by atoms with E-state index in [1.54, 1.807) is 6.20 Å². The Labute approximate surface area is 83.2 Å². The number of rotatable bonds is 3. The summed E-state index contributed by atoms with van der Waals surface area (Å²) in [6.45, 7) is 3.35. The molecule has 14 heavy (non-hydrogen) atoms. The minimum absolute atomic E-state index is 0.138. The third-order valence-corrected chi connectivity index (χ3v) is 2.14. The van der Waals surface area contributed by atoms with Crippen molar-refractivity contribution in [1.29, 1.82) is 0 Å². The van der Waals surface area contributed by atoms with Crippen molar-refractivity contribution in [3.63, 3.8) is 0 Å². The molecule has 1 aliphatic heterocycles. The number of pyridine rings is 1. The van der Waals surface area contributed by atoms with Gasteiger partial charge in [0, 0.05) is 6.20 Å². The highest BCUT2D eigenvalue weighted by molar-refractivity contribution is 5.07. The monoisotopic (exact) mass is 194 g/mol. The molecular formula is C10H14N2O2. The zero-order chi connectivity index (χ0) is 9.80. The smallest absolute Gasteiger partial charge is 0.216 e. The normalized spacial score (nSPS) is 19.8. The number of aromatic nitrogens is 1. The molecule has 76 valence electrons. The van der Waals surface area contributed by atoms with Crippen LogP contribution in [0, 0.1) is 0 Å². The van der Waals surface area contributed by atoms with Gasteiger partial charge in [0.05, 0.1) is 24.9 Å². The third kappa shape index (κ3) is 2.29. The van der Waals surface area contributed by atoms with Crippen LogP contribution in [0.2, 0.25) is 0 Å². The van der Waals surface area contributed by atoms with Crippen LogP contribution in [0.15, 0.2) is 24.4 Å². The van der Waals surface area contributed by atoms with E-state index >= 15 is 0 Å². The van der Waals surface area contributed by atoms with Crippen LogP contribution in [0.5, 0.6) is 0 Å². The molecule has 1 aromatic heterocycles. The molecule has 0 aliphatic carbocycles. The number of hydrogen-bond acceptors (Lipinski definition) is 4. The first-order valence-corrected chi connectivity index (χ1v) is 4.76. The maximum absolute atomic E-state index is 5.28. The molecule has 1 aromatic rings. The van der Waals surface area contributed by atoms with Crippen molar-refractivity contribution in [2.45, 2.75) is 19.4 Å². The molecule has 0 amide bonds. The van der Waals surface area contributed by atoms with Gasteiger partial charge in [0.1, 0.15) is 0 Å². The van der Waals surface area contributed by atoms with Crippen LogP contribution in [0.3, 0.4) is 0 Å². The SMILES string of the molecule is CC(NC1OCCO1)c1ccccn1. The third-order valence-electron chi connectivity index (χ3n) is 2.14. The van der Waals surface area contributed by atoms with E-state index in [1.165, 1.54) is 0 Å². The highest BCUT2D eigenvalue weighted by Gasteiger charge is 2.18. The molecule has 2 rings (SSSR count). The van der Waals surface area contributed by atoms with Gasteiger partial charge in [0.2, 0.25) is 6.41 Å². The Hall–Kier alpha value is -0.970. The lowest BCUT2D eigenvalue weighted by Gasteiger charge is -2.17. The molecule has 1 N–H and O–H groups in total. The quantitative estimate of drug-likeness (QED) is 0.781. The Morgan fingerprint density at radius 1 is 1.43 bits per heavy atom. The van der Waals surface area contributed by atoms with E-state index in [0.717, 1.165) is 5.69 Å². The van der Waals surface area contributed by atoms with E-state index in [0.29, 0.717) is 13.2 Å². The summed E-state index contributed by atoms with van der Waals surface area (Å²) in [5, 5.41) is 3.19. The average molecular weight is 194 g/mol. The fraction of sp³-hybridized carbons (Fsp3) is 0.500. The van der Waals surface area contributed by atoms with Crippen molar-refractivity contribution in [1.82, 2.24) is 10.3 Å². The number of nitrogens with zero attached hydrogens (tertiary/aromatic N) is 1. The van der Waals surface area contributed by atoms with Gasteiger partial charge in [0.15, 0.2) is 0 Å². The zero-order valence-corrected chi connectivity index (χ0v) is 8.14. The first kappa shape index (κ1) is 9.58. The number of nitrogens with one attached hydrogen (secondary N) is 1. The lowest BCUT2D eigenvalue weighted by molar-refractivity contribution is -0.0731. The topological polar surface area (TPSA) is 43.4 Å². The Kier molecular flexibility index (Phi) is 3.08. The minimum Gasteiger partial charge on any atom is -0.337 e. The highest BCUT2D eigenvalue weighted by Crippen LogP contribution is 2.11. The van der Waals surface area contributed by atoms with Crippen molar-refractivity contribution in [2.24, 2.45) is 0 Å². The van der Waals surface area contributed by atoms with Gasteiger partial charge in [0.25, 0.3) is 0 Å². The molecule has 0 radical (unpaired) electrons. The van der Waals surface area contributed by atoms with E-state index in [4.69, 9.17) is 9.47 Å². The molecule has 2 heterocycles. The van der Waals surface area contributed by atoms with Gasteiger partial charge in [-0.2, -0.15) is 0 Å². The molecular weight excluding hydrogens is 180 g/mol. The number of hydrogen-bond donors (Lipinski definition) is 1. The maximum atomic E-state index is 5.28. The van der Waals surface area contributed by atoms with Gasteiger partial charge >= 0.3 is 0 Å². The summed E-state index contributed by atoms with van der Waals surface area (Å²) in [6.07, 6.45) is 1.50. The fourth-order valence-corrected chi connectivity index (χ4v) is 1.38. The van der Waals surface area contributed by atoms with E-state index in [2.05, 4.69) is 10.3 Å². The summed E-state index contributed by atoms with van der Waals surface area (Å²) < 4.78 is 10.6. The largest absolute Gasteiger partial charge is 0.337 e. The van der Waals surface area contributed by atoms with Crippen molar-refractivity contribution in [2.75, 3.05) is 13.2 Å². The van der Waals surface area contributed by atoms with Gasteiger partial charge in [-0.3, -0.25) is 10.3 Å². The highest BCUT2D eigenvalue weighted by atomic mass is 16.7. The van der Waals surface area contributed by atoms with Crippen molar-refractivity contribution in [3.8, 4) is 0 Å². The lowest BCUT2D eigenvalue weighted by Crippen LogP contribution is -2.32. The van der Waals surface area contributed by atoms with Crippen LogP contribution in [-0.2, 0) is 9.47 Å².